The number of amides is 1. The van der Waals surface area contributed by atoms with Crippen molar-refractivity contribution in [1.29, 1.82) is 0 Å². The summed E-state index contributed by atoms with van der Waals surface area (Å²) in [6.45, 7) is 0. The number of methoxy groups -OCH3 is 1. The van der Waals surface area contributed by atoms with Crippen molar-refractivity contribution >= 4 is 45.2 Å². The molecule has 2 rings (SSSR count). The van der Waals surface area contributed by atoms with E-state index in [1.54, 1.807) is 24.3 Å². The maximum absolute atomic E-state index is 12.1. The third-order valence-electron chi connectivity index (χ3n) is 2.98. The van der Waals surface area contributed by atoms with E-state index in [0.29, 0.717) is 16.3 Å². The van der Waals surface area contributed by atoms with Crippen molar-refractivity contribution in [3.05, 3.63) is 69.0 Å². The zero-order chi connectivity index (χ0) is 17.7. The van der Waals surface area contributed by atoms with Crippen molar-refractivity contribution in [2.45, 2.75) is 0 Å². The topological polar surface area (TPSA) is 72.5 Å². The summed E-state index contributed by atoms with van der Waals surface area (Å²) >= 11 is 11.6. The van der Waals surface area contributed by atoms with Gasteiger partial charge in [0.2, 0.25) is 0 Å². The summed E-state index contributed by atoms with van der Waals surface area (Å²) in [6.07, 6.45) is 1.33. The van der Waals surface area contributed by atoms with Crippen LogP contribution >= 0.6 is 23.2 Å². The van der Waals surface area contributed by atoms with E-state index in [2.05, 4.69) is 0 Å². The molecule has 0 unspecified atom stereocenters. The number of rotatable bonds is 5. The Labute approximate surface area is 149 Å². The van der Waals surface area contributed by atoms with Gasteiger partial charge in [0.15, 0.2) is 0 Å². The van der Waals surface area contributed by atoms with Gasteiger partial charge in [-0.3, -0.25) is 4.79 Å². The van der Waals surface area contributed by atoms with E-state index < -0.39 is 15.9 Å². The van der Waals surface area contributed by atoms with Crippen LogP contribution in [0.4, 0.5) is 0 Å². The molecule has 0 heterocycles. The molecule has 0 aliphatic carbocycles. The first-order chi connectivity index (χ1) is 11.3. The van der Waals surface area contributed by atoms with Crippen LogP contribution in [-0.2, 0) is 10.0 Å². The molecule has 0 bridgehead atoms. The van der Waals surface area contributed by atoms with Crippen LogP contribution in [0.25, 0.3) is 6.08 Å². The minimum Gasteiger partial charge on any atom is -0.496 e. The molecule has 0 saturated carbocycles. The molecule has 0 radical (unpaired) electrons. The summed E-state index contributed by atoms with van der Waals surface area (Å²) in [5.74, 6) is -0.336. The van der Waals surface area contributed by atoms with Crippen LogP contribution in [0.1, 0.15) is 15.9 Å². The van der Waals surface area contributed by atoms with Crippen molar-refractivity contribution in [3.63, 3.8) is 0 Å². The fraction of sp³-hybridized carbons (Fsp3) is 0.0625. The van der Waals surface area contributed by atoms with Gasteiger partial charge < -0.3 is 4.74 Å². The second kappa shape index (κ2) is 7.70. The molecule has 0 saturated heterocycles. The summed E-state index contributed by atoms with van der Waals surface area (Å²) in [4.78, 5) is 12.1. The number of para-hydroxylation sites is 1. The fourth-order valence-electron chi connectivity index (χ4n) is 1.86. The van der Waals surface area contributed by atoms with Gasteiger partial charge in [-0.25, -0.2) is 13.1 Å². The number of hydrogen-bond donors (Lipinski definition) is 1. The highest BCUT2D eigenvalue weighted by molar-refractivity contribution is 7.93. The summed E-state index contributed by atoms with van der Waals surface area (Å²) in [5.41, 5.74) is 0.567. The normalized spacial score (nSPS) is 11.5. The first kappa shape index (κ1) is 18.3. The van der Waals surface area contributed by atoms with Gasteiger partial charge in [0.1, 0.15) is 5.75 Å². The third kappa shape index (κ3) is 4.74. The van der Waals surface area contributed by atoms with E-state index in [9.17, 15) is 13.2 Å². The molecule has 2 aromatic carbocycles. The van der Waals surface area contributed by atoms with Crippen molar-refractivity contribution in [3.8, 4) is 5.75 Å². The van der Waals surface area contributed by atoms with Gasteiger partial charge in [-0.05, 0) is 30.3 Å². The Kier molecular flexibility index (Phi) is 5.88. The van der Waals surface area contributed by atoms with E-state index in [0.717, 1.165) is 5.41 Å². The Morgan fingerprint density at radius 2 is 1.88 bits per heavy atom. The number of ether oxygens (including phenoxy) is 1. The van der Waals surface area contributed by atoms with E-state index in [1.807, 2.05) is 4.72 Å². The average molecular weight is 386 g/mol. The molecular weight excluding hydrogens is 373 g/mol. The third-order valence-corrected chi connectivity index (χ3v) is 4.49. The predicted octanol–water partition coefficient (Wildman–Crippen LogP) is 3.73. The first-order valence-corrected chi connectivity index (χ1v) is 8.96. The Balaban J connectivity index is 2.19. The van der Waals surface area contributed by atoms with E-state index in [-0.39, 0.29) is 10.6 Å². The Hall–Kier alpha value is -2.02. The summed E-state index contributed by atoms with van der Waals surface area (Å²) in [6, 6.07) is 11.0. The quantitative estimate of drug-likeness (QED) is 0.850. The molecule has 5 nitrogen and oxygen atoms in total. The molecule has 126 valence electrons. The van der Waals surface area contributed by atoms with Gasteiger partial charge >= 0.3 is 0 Å². The lowest BCUT2D eigenvalue weighted by atomic mass is 10.2. The molecule has 0 aliphatic rings. The minimum atomic E-state index is -4.01. The first-order valence-electron chi connectivity index (χ1n) is 6.66. The number of benzene rings is 2. The second-order valence-electron chi connectivity index (χ2n) is 4.65. The molecule has 0 aliphatic heterocycles. The number of hydrogen-bond acceptors (Lipinski definition) is 4. The zero-order valence-electron chi connectivity index (χ0n) is 12.5. The molecular formula is C16H13Cl2NO4S. The van der Waals surface area contributed by atoms with Crippen molar-refractivity contribution < 1.29 is 17.9 Å². The van der Waals surface area contributed by atoms with Crippen LogP contribution in [0.5, 0.6) is 5.75 Å². The Morgan fingerprint density at radius 3 is 2.54 bits per heavy atom. The molecule has 0 spiro atoms. The predicted molar refractivity (Wildman–Crippen MR) is 94.9 cm³/mol. The lowest BCUT2D eigenvalue weighted by molar-refractivity contribution is 0.0982. The Morgan fingerprint density at radius 1 is 1.17 bits per heavy atom. The lowest BCUT2D eigenvalue weighted by Gasteiger charge is -2.06. The highest BCUT2D eigenvalue weighted by atomic mass is 35.5. The van der Waals surface area contributed by atoms with Crippen LogP contribution in [-0.4, -0.2) is 21.4 Å². The number of carbonyl (C=O) groups is 1. The highest BCUT2D eigenvalue weighted by Crippen LogP contribution is 2.21. The summed E-state index contributed by atoms with van der Waals surface area (Å²) in [5, 5.41) is 1.28. The van der Waals surface area contributed by atoms with Crippen LogP contribution < -0.4 is 9.46 Å². The largest absolute Gasteiger partial charge is 0.496 e. The number of carbonyl (C=O) groups excluding carboxylic acids is 1. The maximum atomic E-state index is 12.1. The monoisotopic (exact) mass is 385 g/mol. The van der Waals surface area contributed by atoms with Crippen molar-refractivity contribution in [2.24, 2.45) is 0 Å². The van der Waals surface area contributed by atoms with Crippen LogP contribution in [0.3, 0.4) is 0 Å². The van der Waals surface area contributed by atoms with Crippen LogP contribution in [0, 0.1) is 0 Å². The second-order valence-corrected chi connectivity index (χ2v) is 7.06. The van der Waals surface area contributed by atoms with Gasteiger partial charge in [-0.15, -0.1) is 0 Å². The lowest BCUT2D eigenvalue weighted by Crippen LogP contribution is -2.29. The summed E-state index contributed by atoms with van der Waals surface area (Å²) in [7, 11) is -2.53. The fourth-order valence-corrected chi connectivity index (χ4v) is 3.12. The number of nitrogens with one attached hydrogen (secondary N) is 1. The minimum absolute atomic E-state index is 0.00957. The smallest absolute Gasteiger partial charge is 0.266 e. The van der Waals surface area contributed by atoms with Crippen LogP contribution in [0.2, 0.25) is 10.0 Å². The molecule has 24 heavy (non-hydrogen) atoms. The molecule has 1 amide bonds. The maximum Gasteiger partial charge on any atom is 0.266 e. The number of sulfonamides is 1. The van der Waals surface area contributed by atoms with Gasteiger partial charge in [0.25, 0.3) is 15.9 Å². The number of halogens is 2. The van der Waals surface area contributed by atoms with E-state index in [1.165, 1.54) is 31.4 Å². The van der Waals surface area contributed by atoms with Gasteiger partial charge in [-0.1, -0.05) is 41.4 Å². The molecule has 0 aromatic heterocycles. The molecule has 2 aromatic rings. The van der Waals surface area contributed by atoms with Gasteiger partial charge in [-0.2, -0.15) is 0 Å². The van der Waals surface area contributed by atoms with Crippen molar-refractivity contribution in [2.75, 3.05) is 7.11 Å². The molecule has 1 N–H and O–H groups in total. The van der Waals surface area contributed by atoms with E-state index in [4.69, 9.17) is 27.9 Å². The van der Waals surface area contributed by atoms with Gasteiger partial charge in [0.05, 0.1) is 23.1 Å². The highest BCUT2D eigenvalue weighted by Gasteiger charge is 2.16. The molecule has 0 atom stereocenters. The van der Waals surface area contributed by atoms with Crippen LogP contribution in [0.15, 0.2) is 47.9 Å². The molecule has 8 heteroatoms. The van der Waals surface area contributed by atoms with Crippen molar-refractivity contribution in [1.82, 2.24) is 4.72 Å². The molecule has 0 fully saturated rings. The van der Waals surface area contributed by atoms with E-state index >= 15 is 0 Å². The van der Waals surface area contributed by atoms with Gasteiger partial charge in [0, 0.05) is 10.6 Å². The Bertz CT molecular complexity index is 895. The zero-order valence-corrected chi connectivity index (χ0v) is 14.8. The SMILES string of the molecule is COc1ccccc1/C=C/S(=O)(=O)NC(=O)c1ccc(Cl)cc1Cl. The summed E-state index contributed by atoms with van der Waals surface area (Å²) < 4.78 is 31.1. The average Bonchev–Trinajstić information content (AvgIpc) is 2.52. The standard InChI is InChI=1S/C16H13Cl2NO4S/c1-23-15-5-3-2-4-11(15)8-9-24(21,22)19-16(20)13-7-6-12(17)10-14(13)18/h2-10H,1H3,(H,19,20)/b9-8+.